The molecule has 20 heavy (non-hydrogen) atoms. The van der Waals surface area contributed by atoms with Crippen LogP contribution in [0.3, 0.4) is 0 Å². The molecular weight excluding hydrogens is 287 g/mol. The SMILES string of the molecule is CC(C)CN(CC(=O)O)CC(=O)O.O=C(O)C(F)(F)F. The Morgan fingerprint density at radius 2 is 1.30 bits per heavy atom. The highest BCUT2D eigenvalue weighted by molar-refractivity contribution is 5.73. The van der Waals surface area contributed by atoms with Crippen molar-refractivity contribution in [2.45, 2.75) is 20.0 Å². The van der Waals surface area contributed by atoms with Crippen molar-refractivity contribution in [1.82, 2.24) is 4.90 Å². The summed E-state index contributed by atoms with van der Waals surface area (Å²) in [6.45, 7) is 3.88. The topological polar surface area (TPSA) is 115 Å². The molecule has 0 aromatic rings. The molecule has 0 saturated carbocycles. The number of carbonyl (C=O) groups is 3. The highest BCUT2D eigenvalue weighted by atomic mass is 19.4. The molecule has 0 spiro atoms. The Morgan fingerprint density at radius 1 is 1.00 bits per heavy atom. The van der Waals surface area contributed by atoms with E-state index in [1.165, 1.54) is 4.90 Å². The molecule has 0 heterocycles. The molecule has 7 nitrogen and oxygen atoms in total. The molecule has 10 heteroatoms. The zero-order chi connectivity index (χ0) is 16.5. The van der Waals surface area contributed by atoms with Crippen molar-refractivity contribution in [3.05, 3.63) is 0 Å². The minimum Gasteiger partial charge on any atom is -0.480 e. The minimum atomic E-state index is -5.08. The first-order valence-electron chi connectivity index (χ1n) is 5.32. The third-order valence-corrected chi connectivity index (χ3v) is 1.58. The minimum absolute atomic E-state index is 0.218. The third-order valence-electron chi connectivity index (χ3n) is 1.58. The average molecular weight is 303 g/mol. The number of hydrogen-bond donors (Lipinski definition) is 3. The fraction of sp³-hybridized carbons (Fsp3) is 0.700. The van der Waals surface area contributed by atoms with Crippen molar-refractivity contribution in [2.75, 3.05) is 19.6 Å². The first-order valence-corrected chi connectivity index (χ1v) is 5.32. The van der Waals surface area contributed by atoms with Gasteiger partial charge in [-0.2, -0.15) is 13.2 Å². The number of halogens is 3. The van der Waals surface area contributed by atoms with E-state index < -0.39 is 24.1 Å². The number of carboxylic acids is 3. The molecule has 0 aliphatic carbocycles. The Kier molecular flexibility index (Phi) is 9.34. The predicted molar refractivity (Wildman–Crippen MR) is 60.2 cm³/mol. The molecule has 0 rings (SSSR count). The fourth-order valence-corrected chi connectivity index (χ4v) is 1.08. The van der Waals surface area contributed by atoms with E-state index in [2.05, 4.69) is 0 Å². The summed E-state index contributed by atoms with van der Waals surface area (Å²) < 4.78 is 31.7. The van der Waals surface area contributed by atoms with Gasteiger partial charge in [-0.05, 0) is 5.92 Å². The lowest BCUT2D eigenvalue weighted by Gasteiger charge is -2.19. The normalized spacial score (nSPS) is 10.9. The van der Waals surface area contributed by atoms with Gasteiger partial charge in [-0.25, -0.2) is 4.79 Å². The molecule has 0 atom stereocenters. The fourth-order valence-electron chi connectivity index (χ4n) is 1.08. The molecule has 0 aliphatic rings. The Balaban J connectivity index is 0. The first kappa shape index (κ1) is 20.5. The molecule has 0 unspecified atom stereocenters. The number of carboxylic acid groups (broad SMARTS) is 3. The van der Waals surface area contributed by atoms with E-state index in [1.54, 1.807) is 0 Å². The van der Waals surface area contributed by atoms with Crippen LogP contribution >= 0.6 is 0 Å². The van der Waals surface area contributed by atoms with E-state index in [0.717, 1.165) is 0 Å². The number of rotatable bonds is 6. The van der Waals surface area contributed by atoms with Gasteiger partial charge in [0.15, 0.2) is 0 Å². The Labute approximate surface area is 112 Å². The van der Waals surface area contributed by atoms with Crippen LogP contribution in [0.15, 0.2) is 0 Å². The summed E-state index contributed by atoms with van der Waals surface area (Å²) in [6, 6.07) is 0. The summed E-state index contributed by atoms with van der Waals surface area (Å²) in [5.41, 5.74) is 0. The number of hydrogen-bond acceptors (Lipinski definition) is 4. The van der Waals surface area contributed by atoms with Gasteiger partial charge >= 0.3 is 24.1 Å². The number of nitrogens with zero attached hydrogens (tertiary/aromatic N) is 1. The maximum Gasteiger partial charge on any atom is 0.490 e. The Bertz CT molecular complexity index is 326. The molecule has 3 N–H and O–H groups in total. The lowest BCUT2D eigenvalue weighted by Crippen LogP contribution is -2.36. The van der Waals surface area contributed by atoms with Gasteiger partial charge in [0, 0.05) is 6.54 Å². The van der Waals surface area contributed by atoms with Gasteiger partial charge in [0.25, 0.3) is 0 Å². The second kappa shape index (κ2) is 9.13. The van der Waals surface area contributed by atoms with Crippen molar-refractivity contribution in [2.24, 2.45) is 5.92 Å². The van der Waals surface area contributed by atoms with Crippen LogP contribution < -0.4 is 0 Å². The third kappa shape index (κ3) is 14.2. The van der Waals surface area contributed by atoms with Crippen LogP contribution in [0.5, 0.6) is 0 Å². The van der Waals surface area contributed by atoms with Crippen LogP contribution in [0.2, 0.25) is 0 Å². The zero-order valence-electron chi connectivity index (χ0n) is 10.8. The van der Waals surface area contributed by atoms with E-state index in [1.807, 2.05) is 13.8 Å². The molecule has 0 aliphatic heterocycles. The standard InChI is InChI=1S/C8H15NO4.C2HF3O2/c1-6(2)3-9(4-7(10)11)5-8(12)13;3-2(4,5)1(6)7/h6H,3-5H2,1-2H3,(H,10,11)(H,12,13);(H,6,7). The molecule has 0 bridgehead atoms. The van der Waals surface area contributed by atoms with Gasteiger partial charge in [-0.1, -0.05) is 13.8 Å². The van der Waals surface area contributed by atoms with Crippen molar-refractivity contribution >= 4 is 17.9 Å². The van der Waals surface area contributed by atoms with Crippen LogP contribution in [0.4, 0.5) is 13.2 Å². The monoisotopic (exact) mass is 303 g/mol. The predicted octanol–water partition coefficient (Wildman–Crippen LogP) is 0.747. The lowest BCUT2D eigenvalue weighted by atomic mass is 10.2. The maximum absolute atomic E-state index is 10.6. The van der Waals surface area contributed by atoms with Crippen LogP contribution in [0.25, 0.3) is 0 Å². The van der Waals surface area contributed by atoms with E-state index in [0.29, 0.717) is 6.54 Å². The summed E-state index contributed by atoms with van der Waals surface area (Å²) in [6.07, 6.45) is -5.08. The molecule has 0 saturated heterocycles. The summed E-state index contributed by atoms with van der Waals surface area (Å²) in [7, 11) is 0. The van der Waals surface area contributed by atoms with Crippen molar-refractivity contribution in [3.63, 3.8) is 0 Å². The van der Waals surface area contributed by atoms with Crippen LogP contribution in [-0.2, 0) is 14.4 Å². The van der Waals surface area contributed by atoms with Gasteiger partial charge in [0.05, 0.1) is 13.1 Å². The highest BCUT2D eigenvalue weighted by Gasteiger charge is 2.38. The number of alkyl halides is 3. The zero-order valence-corrected chi connectivity index (χ0v) is 10.8. The second-order valence-corrected chi connectivity index (χ2v) is 4.15. The van der Waals surface area contributed by atoms with Gasteiger partial charge < -0.3 is 15.3 Å². The van der Waals surface area contributed by atoms with E-state index >= 15 is 0 Å². The van der Waals surface area contributed by atoms with Gasteiger partial charge in [0.1, 0.15) is 0 Å². The highest BCUT2D eigenvalue weighted by Crippen LogP contribution is 2.13. The number of aliphatic carboxylic acids is 3. The maximum atomic E-state index is 10.6. The lowest BCUT2D eigenvalue weighted by molar-refractivity contribution is -0.192. The van der Waals surface area contributed by atoms with E-state index in [-0.39, 0.29) is 19.0 Å². The van der Waals surface area contributed by atoms with E-state index in [9.17, 15) is 22.8 Å². The van der Waals surface area contributed by atoms with Gasteiger partial charge in [-0.15, -0.1) is 0 Å². The molecule has 0 fully saturated rings. The van der Waals surface area contributed by atoms with Crippen LogP contribution in [-0.4, -0.2) is 63.9 Å². The molecule has 0 aromatic carbocycles. The quantitative estimate of drug-likeness (QED) is 0.663. The van der Waals surface area contributed by atoms with Crippen LogP contribution in [0, 0.1) is 5.92 Å². The summed E-state index contributed by atoms with van der Waals surface area (Å²) in [5.74, 6) is -4.49. The average Bonchev–Trinajstić information content (AvgIpc) is 2.12. The molecule has 0 aromatic heterocycles. The summed E-state index contributed by atoms with van der Waals surface area (Å²) in [4.78, 5) is 31.0. The Morgan fingerprint density at radius 3 is 1.45 bits per heavy atom. The van der Waals surface area contributed by atoms with Gasteiger partial charge in [0.2, 0.25) is 0 Å². The second-order valence-electron chi connectivity index (χ2n) is 4.15. The Hall–Kier alpha value is -1.84. The van der Waals surface area contributed by atoms with E-state index in [4.69, 9.17) is 20.1 Å². The smallest absolute Gasteiger partial charge is 0.480 e. The van der Waals surface area contributed by atoms with Crippen LogP contribution in [0.1, 0.15) is 13.8 Å². The van der Waals surface area contributed by atoms with Crippen molar-refractivity contribution < 1.29 is 42.9 Å². The molecular formula is C10H16F3NO6. The summed E-state index contributed by atoms with van der Waals surface area (Å²) in [5, 5.41) is 24.1. The molecule has 0 amide bonds. The van der Waals surface area contributed by atoms with Crippen molar-refractivity contribution in [1.29, 1.82) is 0 Å². The summed E-state index contributed by atoms with van der Waals surface area (Å²) >= 11 is 0. The van der Waals surface area contributed by atoms with Gasteiger partial charge in [-0.3, -0.25) is 14.5 Å². The molecule has 118 valence electrons. The largest absolute Gasteiger partial charge is 0.490 e. The molecule has 0 radical (unpaired) electrons. The van der Waals surface area contributed by atoms with Crippen molar-refractivity contribution in [3.8, 4) is 0 Å². The first-order chi connectivity index (χ1) is 8.86.